The molecule has 0 fully saturated rings. The summed E-state index contributed by atoms with van der Waals surface area (Å²) in [5.41, 5.74) is 3.46. The molecule has 1 aromatic heterocycles. The van der Waals surface area contributed by atoms with Gasteiger partial charge in [0.1, 0.15) is 5.75 Å². The summed E-state index contributed by atoms with van der Waals surface area (Å²) in [6, 6.07) is 3.85. The maximum atomic E-state index is 12.5. The second kappa shape index (κ2) is 6.36. The second-order valence-corrected chi connectivity index (χ2v) is 5.97. The Balaban J connectivity index is 1.69. The molecule has 1 aliphatic rings. The van der Waals surface area contributed by atoms with Gasteiger partial charge in [0, 0.05) is 6.42 Å². The van der Waals surface area contributed by atoms with E-state index in [9.17, 15) is 4.79 Å². The lowest BCUT2D eigenvalue weighted by molar-refractivity contribution is -0.128. The van der Waals surface area contributed by atoms with Crippen LogP contribution in [0, 0.1) is 13.8 Å². The Morgan fingerprint density at radius 3 is 2.91 bits per heavy atom. The SMILES string of the molecule is CCC[C@@H](NC(=O)[C@@H]1Cc2cc(C)c(C)cc2O1)c1nn[nH]n1. The van der Waals surface area contributed by atoms with Crippen molar-refractivity contribution < 1.29 is 9.53 Å². The molecule has 7 heteroatoms. The van der Waals surface area contributed by atoms with Crippen molar-refractivity contribution in [3.05, 3.63) is 34.6 Å². The van der Waals surface area contributed by atoms with E-state index in [1.165, 1.54) is 11.1 Å². The summed E-state index contributed by atoms with van der Waals surface area (Å²) in [7, 11) is 0. The molecule has 1 aliphatic heterocycles. The monoisotopic (exact) mass is 315 g/mol. The van der Waals surface area contributed by atoms with Crippen molar-refractivity contribution in [2.45, 2.75) is 52.2 Å². The van der Waals surface area contributed by atoms with Crippen molar-refractivity contribution in [2.75, 3.05) is 0 Å². The molecule has 1 aromatic carbocycles. The highest BCUT2D eigenvalue weighted by atomic mass is 16.5. The number of H-pyrrole nitrogens is 1. The average Bonchev–Trinajstić information content (AvgIpc) is 3.16. The third-order valence-electron chi connectivity index (χ3n) is 4.21. The molecule has 0 saturated heterocycles. The molecule has 0 spiro atoms. The van der Waals surface area contributed by atoms with Crippen LogP contribution in [0.4, 0.5) is 0 Å². The number of hydrogen-bond donors (Lipinski definition) is 2. The van der Waals surface area contributed by atoms with E-state index in [4.69, 9.17) is 4.74 Å². The zero-order chi connectivity index (χ0) is 16.4. The molecule has 0 aliphatic carbocycles. The third-order valence-corrected chi connectivity index (χ3v) is 4.21. The molecular weight excluding hydrogens is 294 g/mol. The Kier molecular flexibility index (Phi) is 4.27. The van der Waals surface area contributed by atoms with Crippen molar-refractivity contribution in [3.63, 3.8) is 0 Å². The number of aryl methyl sites for hydroxylation is 2. The van der Waals surface area contributed by atoms with Gasteiger partial charge >= 0.3 is 0 Å². The summed E-state index contributed by atoms with van der Waals surface area (Å²) in [6.07, 6.45) is 1.75. The fourth-order valence-electron chi connectivity index (χ4n) is 2.80. The first kappa shape index (κ1) is 15.5. The molecule has 2 N–H and O–H groups in total. The van der Waals surface area contributed by atoms with Gasteiger partial charge in [-0.1, -0.05) is 24.6 Å². The summed E-state index contributed by atoms with van der Waals surface area (Å²) in [6.45, 7) is 6.16. The van der Waals surface area contributed by atoms with Crippen LogP contribution in [0.5, 0.6) is 5.75 Å². The Morgan fingerprint density at radius 1 is 1.43 bits per heavy atom. The largest absolute Gasteiger partial charge is 0.480 e. The van der Waals surface area contributed by atoms with E-state index in [1.807, 2.05) is 19.9 Å². The van der Waals surface area contributed by atoms with Crippen LogP contribution in [0.25, 0.3) is 0 Å². The van der Waals surface area contributed by atoms with E-state index >= 15 is 0 Å². The molecular formula is C16H21N5O2. The van der Waals surface area contributed by atoms with Crippen molar-refractivity contribution in [2.24, 2.45) is 0 Å². The highest BCUT2D eigenvalue weighted by Crippen LogP contribution is 2.31. The minimum absolute atomic E-state index is 0.139. The van der Waals surface area contributed by atoms with Gasteiger partial charge in [-0.05, 0) is 43.0 Å². The standard InChI is InChI=1S/C16H21N5O2/c1-4-5-12(15-18-20-21-19-15)17-16(22)14-8-11-6-9(2)10(3)7-13(11)23-14/h6-7,12,14H,4-5,8H2,1-3H3,(H,17,22)(H,18,19,20,21)/t12-,14+/m1/s1. The number of tetrazole rings is 1. The lowest BCUT2D eigenvalue weighted by atomic mass is 10.0. The van der Waals surface area contributed by atoms with E-state index in [1.54, 1.807) is 0 Å². The van der Waals surface area contributed by atoms with E-state index in [-0.39, 0.29) is 11.9 Å². The summed E-state index contributed by atoms with van der Waals surface area (Å²) >= 11 is 0. The van der Waals surface area contributed by atoms with Crippen LogP contribution in [0.1, 0.15) is 48.3 Å². The van der Waals surface area contributed by atoms with Gasteiger partial charge in [0.25, 0.3) is 5.91 Å². The van der Waals surface area contributed by atoms with Crippen LogP contribution in [-0.4, -0.2) is 32.6 Å². The lowest BCUT2D eigenvalue weighted by Crippen LogP contribution is -2.40. The number of benzene rings is 1. The van der Waals surface area contributed by atoms with E-state index in [0.717, 1.165) is 24.2 Å². The molecule has 2 atom stereocenters. The van der Waals surface area contributed by atoms with Crippen molar-refractivity contribution in [1.29, 1.82) is 0 Å². The molecule has 1 amide bonds. The summed E-state index contributed by atoms with van der Waals surface area (Å²) in [4.78, 5) is 12.5. The number of carbonyl (C=O) groups is 1. The van der Waals surface area contributed by atoms with Gasteiger partial charge in [-0.15, -0.1) is 10.2 Å². The van der Waals surface area contributed by atoms with Crippen molar-refractivity contribution in [1.82, 2.24) is 25.9 Å². The fourth-order valence-corrected chi connectivity index (χ4v) is 2.80. The number of hydrogen-bond acceptors (Lipinski definition) is 5. The van der Waals surface area contributed by atoms with E-state index in [0.29, 0.717) is 12.2 Å². The zero-order valence-corrected chi connectivity index (χ0v) is 13.6. The van der Waals surface area contributed by atoms with Crippen LogP contribution in [0.15, 0.2) is 12.1 Å². The average molecular weight is 315 g/mol. The number of ether oxygens (including phenoxy) is 1. The molecule has 3 rings (SSSR count). The van der Waals surface area contributed by atoms with Crippen LogP contribution >= 0.6 is 0 Å². The van der Waals surface area contributed by atoms with E-state index < -0.39 is 6.10 Å². The topological polar surface area (TPSA) is 92.8 Å². The smallest absolute Gasteiger partial charge is 0.262 e. The molecule has 2 heterocycles. The molecule has 0 bridgehead atoms. The number of nitrogens with one attached hydrogen (secondary N) is 2. The summed E-state index contributed by atoms with van der Waals surface area (Å²) in [5, 5.41) is 16.9. The lowest BCUT2D eigenvalue weighted by Gasteiger charge is -2.17. The van der Waals surface area contributed by atoms with Crippen LogP contribution in [-0.2, 0) is 11.2 Å². The number of amides is 1. The Morgan fingerprint density at radius 2 is 2.22 bits per heavy atom. The molecule has 7 nitrogen and oxygen atoms in total. The minimum atomic E-state index is -0.502. The molecule has 0 unspecified atom stereocenters. The number of nitrogens with zero attached hydrogens (tertiary/aromatic N) is 3. The van der Waals surface area contributed by atoms with Gasteiger partial charge in [-0.3, -0.25) is 4.79 Å². The molecule has 0 radical (unpaired) electrons. The Hall–Kier alpha value is -2.44. The third kappa shape index (κ3) is 3.18. The number of aromatic amines is 1. The molecule has 122 valence electrons. The summed E-state index contributed by atoms with van der Waals surface area (Å²) in [5.74, 6) is 1.17. The second-order valence-electron chi connectivity index (χ2n) is 5.97. The molecule has 23 heavy (non-hydrogen) atoms. The van der Waals surface area contributed by atoms with Crippen LogP contribution in [0.2, 0.25) is 0 Å². The highest BCUT2D eigenvalue weighted by molar-refractivity contribution is 5.83. The number of aromatic nitrogens is 4. The number of fused-ring (bicyclic) bond motifs is 1. The first-order valence-corrected chi connectivity index (χ1v) is 7.89. The quantitative estimate of drug-likeness (QED) is 0.877. The predicted octanol–water partition coefficient (Wildman–Crippen LogP) is 1.78. The first-order chi connectivity index (χ1) is 11.1. The van der Waals surface area contributed by atoms with Gasteiger partial charge in [-0.25, -0.2) is 0 Å². The van der Waals surface area contributed by atoms with E-state index in [2.05, 4.69) is 38.9 Å². The van der Waals surface area contributed by atoms with Gasteiger partial charge in [0.15, 0.2) is 11.9 Å². The van der Waals surface area contributed by atoms with Gasteiger partial charge in [0.05, 0.1) is 6.04 Å². The van der Waals surface area contributed by atoms with Gasteiger partial charge in [0.2, 0.25) is 0 Å². The zero-order valence-electron chi connectivity index (χ0n) is 13.6. The fraction of sp³-hybridized carbons (Fsp3) is 0.500. The normalized spacial score (nSPS) is 17.4. The summed E-state index contributed by atoms with van der Waals surface area (Å²) < 4.78 is 5.82. The number of rotatable bonds is 5. The van der Waals surface area contributed by atoms with Crippen LogP contribution < -0.4 is 10.1 Å². The van der Waals surface area contributed by atoms with Crippen molar-refractivity contribution in [3.8, 4) is 5.75 Å². The Labute approximate surface area is 134 Å². The Bertz CT molecular complexity index is 668. The maximum Gasteiger partial charge on any atom is 0.262 e. The highest BCUT2D eigenvalue weighted by Gasteiger charge is 2.31. The van der Waals surface area contributed by atoms with Crippen LogP contribution in [0.3, 0.4) is 0 Å². The first-order valence-electron chi connectivity index (χ1n) is 7.89. The van der Waals surface area contributed by atoms with Gasteiger partial charge < -0.3 is 10.1 Å². The molecule has 0 saturated carbocycles. The minimum Gasteiger partial charge on any atom is -0.480 e. The maximum absolute atomic E-state index is 12.5. The van der Waals surface area contributed by atoms with Gasteiger partial charge in [-0.2, -0.15) is 5.21 Å². The number of carbonyl (C=O) groups excluding carboxylic acids is 1. The van der Waals surface area contributed by atoms with Crippen molar-refractivity contribution >= 4 is 5.91 Å². The predicted molar refractivity (Wildman–Crippen MR) is 84.0 cm³/mol. The molecule has 2 aromatic rings.